The Morgan fingerprint density at radius 3 is 2.62 bits per heavy atom. The molecule has 1 aromatic heterocycles. The lowest BCUT2D eigenvalue weighted by atomic mass is 10.2. The maximum atomic E-state index is 13.2. The summed E-state index contributed by atoms with van der Waals surface area (Å²) >= 11 is 6.92. The van der Waals surface area contributed by atoms with Crippen molar-refractivity contribution in [3.05, 3.63) is 96.9 Å². The van der Waals surface area contributed by atoms with Crippen molar-refractivity contribution in [2.75, 3.05) is 11.9 Å². The number of benzene rings is 3. The maximum absolute atomic E-state index is 13.2. The van der Waals surface area contributed by atoms with Crippen LogP contribution in [0.3, 0.4) is 0 Å². The van der Waals surface area contributed by atoms with E-state index in [2.05, 4.69) is 49.2 Å². The van der Waals surface area contributed by atoms with E-state index < -0.39 is 0 Å². The topological polar surface area (TPSA) is 85.6 Å². The highest BCUT2D eigenvalue weighted by Crippen LogP contribution is 2.26. The fourth-order valence-electron chi connectivity index (χ4n) is 3.63. The Balaban J connectivity index is 1.50. The summed E-state index contributed by atoms with van der Waals surface area (Å²) in [5.74, 6) is 0.890. The zero-order chi connectivity index (χ0) is 26.4. The van der Waals surface area contributed by atoms with Gasteiger partial charge in [-0.1, -0.05) is 47.0 Å². The Bertz CT molecular complexity index is 1510. The molecule has 9 heteroatoms. The van der Waals surface area contributed by atoms with E-state index in [0.29, 0.717) is 39.1 Å². The molecule has 0 aliphatic heterocycles. The van der Waals surface area contributed by atoms with Crippen LogP contribution in [0.15, 0.2) is 79.5 Å². The first kappa shape index (κ1) is 26.8. The van der Waals surface area contributed by atoms with Crippen molar-refractivity contribution < 1.29 is 9.53 Å². The number of rotatable bonds is 9. The molecule has 3 aromatic carbocycles. The highest BCUT2D eigenvalue weighted by atomic mass is 79.9. The van der Waals surface area contributed by atoms with Gasteiger partial charge in [-0.25, -0.2) is 4.98 Å². The lowest BCUT2D eigenvalue weighted by molar-refractivity contribution is -0.118. The number of carbonyl (C=O) groups excluding carboxylic acids is 1. The molecule has 4 rings (SSSR count). The van der Waals surface area contributed by atoms with Crippen molar-refractivity contribution in [3.8, 4) is 5.75 Å². The molecule has 0 fully saturated rings. The average Bonchev–Trinajstić information content (AvgIpc) is 2.88. The minimum Gasteiger partial charge on any atom is -0.483 e. The van der Waals surface area contributed by atoms with Gasteiger partial charge in [-0.3, -0.25) is 9.59 Å². The SMILES string of the molecule is CCCCc1nc2ccc(Br)cc2c(=O)n1N=Cc1ccc(OCC(=O)Nc2ccc(C)cc2)c(Br)c1. The summed E-state index contributed by atoms with van der Waals surface area (Å²) in [6, 6.07) is 18.4. The molecule has 0 aliphatic rings. The highest BCUT2D eigenvalue weighted by Gasteiger charge is 2.11. The van der Waals surface area contributed by atoms with Crippen molar-refractivity contribution in [2.24, 2.45) is 5.10 Å². The van der Waals surface area contributed by atoms with E-state index in [1.807, 2.05) is 55.5 Å². The number of nitrogens with zero attached hydrogens (tertiary/aromatic N) is 3. The number of fused-ring (bicyclic) bond motifs is 1. The fraction of sp³-hybridized carbons (Fsp3) is 0.214. The summed E-state index contributed by atoms with van der Waals surface area (Å²) in [5, 5.41) is 7.79. The molecule has 37 heavy (non-hydrogen) atoms. The van der Waals surface area contributed by atoms with Gasteiger partial charge in [0.15, 0.2) is 6.61 Å². The van der Waals surface area contributed by atoms with Crippen molar-refractivity contribution in [2.45, 2.75) is 33.1 Å². The molecule has 0 unspecified atom stereocenters. The van der Waals surface area contributed by atoms with Crippen LogP contribution in [-0.4, -0.2) is 28.4 Å². The van der Waals surface area contributed by atoms with Crippen LogP contribution in [0.25, 0.3) is 10.9 Å². The molecule has 0 radical (unpaired) electrons. The van der Waals surface area contributed by atoms with E-state index in [1.54, 1.807) is 18.3 Å². The molecule has 0 saturated heterocycles. The number of carbonyl (C=O) groups is 1. The lowest BCUT2D eigenvalue weighted by Gasteiger charge is -2.10. The van der Waals surface area contributed by atoms with Crippen molar-refractivity contribution in [3.63, 3.8) is 0 Å². The Labute approximate surface area is 231 Å². The monoisotopic (exact) mass is 624 g/mol. The molecule has 1 amide bonds. The van der Waals surface area contributed by atoms with Gasteiger partial charge in [0, 0.05) is 16.6 Å². The quantitative estimate of drug-likeness (QED) is 0.216. The number of aryl methyl sites for hydroxylation is 2. The van der Waals surface area contributed by atoms with Gasteiger partial charge in [-0.15, -0.1) is 0 Å². The standard InChI is InChI=1S/C28H26Br2N4O3/c1-3-4-5-26-33-24-12-9-20(29)15-22(24)28(36)34(26)31-16-19-8-13-25(23(30)14-19)37-17-27(35)32-21-10-6-18(2)7-11-21/h6-16H,3-5,17H2,1-2H3,(H,32,35). The Morgan fingerprint density at radius 1 is 1.11 bits per heavy atom. The normalized spacial score (nSPS) is 11.2. The molecular formula is C28H26Br2N4O3. The second-order valence-corrected chi connectivity index (χ2v) is 10.3. The molecule has 0 atom stereocenters. The van der Waals surface area contributed by atoms with Crippen LogP contribution in [-0.2, 0) is 11.2 Å². The fourth-order valence-corrected chi connectivity index (χ4v) is 4.50. The van der Waals surface area contributed by atoms with Crippen molar-refractivity contribution in [1.82, 2.24) is 9.66 Å². The van der Waals surface area contributed by atoms with Crippen LogP contribution in [0.5, 0.6) is 5.75 Å². The third-order valence-corrected chi connectivity index (χ3v) is 6.71. The molecule has 0 aliphatic carbocycles. The second kappa shape index (κ2) is 12.3. The maximum Gasteiger partial charge on any atom is 0.282 e. The number of amides is 1. The van der Waals surface area contributed by atoms with E-state index in [1.165, 1.54) is 4.68 Å². The van der Waals surface area contributed by atoms with Crippen molar-refractivity contribution in [1.29, 1.82) is 0 Å². The van der Waals surface area contributed by atoms with E-state index in [9.17, 15) is 9.59 Å². The van der Waals surface area contributed by atoms with Crippen LogP contribution in [0, 0.1) is 6.92 Å². The minimum absolute atomic E-state index is 0.131. The van der Waals surface area contributed by atoms with E-state index in [4.69, 9.17) is 9.72 Å². The third kappa shape index (κ3) is 6.93. The number of nitrogens with one attached hydrogen (secondary N) is 1. The summed E-state index contributed by atoms with van der Waals surface area (Å²) in [7, 11) is 0. The zero-order valence-electron chi connectivity index (χ0n) is 20.5. The van der Waals surface area contributed by atoms with Crippen LogP contribution >= 0.6 is 31.9 Å². The number of hydrogen-bond donors (Lipinski definition) is 1. The van der Waals surface area contributed by atoms with Crippen LogP contribution in [0.4, 0.5) is 5.69 Å². The predicted octanol–water partition coefficient (Wildman–Crippen LogP) is 6.47. The smallest absolute Gasteiger partial charge is 0.282 e. The summed E-state index contributed by atoms with van der Waals surface area (Å²) in [6.45, 7) is 3.95. The third-order valence-electron chi connectivity index (χ3n) is 5.60. The second-order valence-electron chi connectivity index (χ2n) is 8.55. The first-order chi connectivity index (χ1) is 17.8. The number of halogens is 2. The summed E-state index contributed by atoms with van der Waals surface area (Å²) in [5.41, 5.74) is 3.03. The first-order valence-corrected chi connectivity index (χ1v) is 13.5. The van der Waals surface area contributed by atoms with Gasteiger partial charge in [0.05, 0.1) is 21.6 Å². The zero-order valence-corrected chi connectivity index (χ0v) is 23.7. The number of hydrogen-bond acceptors (Lipinski definition) is 5. The van der Waals surface area contributed by atoms with Gasteiger partial charge in [0.2, 0.25) is 0 Å². The van der Waals surface area contributed by atoms with Crippen LogP contribution in [0.1, 0.15) is 36.7 Å². The summed E-state index contributed by atoms with van der Waals surface area (Å²) < 4.78 is 8.53. The van der Waals surface area contributed by atoms with Crippen molar-refractivity contribution >= 4 is 60.6 Å². The molecule has 0 spiro atoms. The minimum atomic E-state index is -0.254. The Morgan fingerprint density at radius 2 is 1.89 bits per heavy atom. The molecule has 190 valence electrons. The highest BCUT2D eigenvalue weighted by molar-refractivity contribution is 9.10. The van der Waals surface area contributed by atoms with E-state index in [0.717, 1.165) is 28.4 Å². The molecule has 0 bridgehead atoms. The van der Waals surface area contributed by atoms with Gasteiger partial charge in [-0.05, 0) is 83.4 Å². The number of aromatic nitrogens is 2. The predicted molar refractivity (Wildman–Crippen MR) is 155 cm³/mol. The number of unbranched alkanes of at least 4 members (excludes halogenated alkanes) is 1. The van der Waals surface area contributed by atoms with Gasteiger partial charge >= 0.3 is 0 Å². The lowest BCUT2D eigenvalue weighted by Crippen LogP contribution is -2.22. The average molecular weight is 626 g/mol. The number of ether oxygens (including phenoxy) is 1. The molecule has 1 heterocycles. The molecule has 0 saturated carbocycles. The van der Waals surface area contributed by atoms with Gasteiger partial charge in [0.1, 0.15) is 11.6 Å². The molecule has 7 nitrogen and oxygen atoms in total. The molecule has 4 aromatic rings. The number of anilines is 1. The molecular weight excluding hydrogens is 600 g/mol. The van der Waals surface area contributed by atoms with E-state index in [-0.39, 0.29) is 18.1 Å². The Kier molecular flexibility index (Phi) is 8.89. The van der Waals surface area contributed by atoms with Gasteiger partial charge < -0.3 is 10.1 Å². The van der Waals surface area contributed by atoms with E-state index >= 15 is 0 Å². The van der Waals surface area contributed by atoms with Crippen LogP contribution < -0.4 is 15.6 Å². The van der Waals surface area contributed by atoms with Crippen LogP contribution in [0.2, 0.25) is 0 Å². The summed E-state index contributed by atoms with van der Waals surface area (Å²) in [4.78, 5) is 30.2. The Hall–Kier alpha value is -3.30. The largest absolute Gasteiger partial charge is 0.483 e. The molecule has 1 N–H and O–H groups in total. The first-order valence-electron chi connectivity index (χ1n) is 11.9. The summed E-state index contributed by atoms with van der Waals surface area (Å²) in [6.07, 6.45) is 4.14. The van der Waals surface area contributed by atoms with Gasteiger partial charge in [-0.2, -0.15) is 9.78 Å². The van der Waals surface area contributed by atoms with Gasteiger partial charge in [0.25, 0.3) is 11.5 Å².